The summed E-state index contributed by atoms with van der Waals surface area (Å²) in [5, 5.41) is 9.12. The highest BCUT2D eigenvalue weighted by Crippen LogP contribution is 2.30. The molecule has 2 atom stereocenters. The lowest BCUT2D eigenvalue weighted by atomic mass is 9.89. The van der Waals surface area contributed by atoms with E-state index in [0.717, 1.165) is 5.56 Å². The number of fused-ring (bicyclic) bond motifs is 2. The highest BCUT2D eigenvalue weighted by Gasteiger charge is 2.40. The minimum Gasteiger partial charge on any atom is -0.481 e. The van der Waals surface area contributed by atoms with Gasteiger partial charge in [-0.05, 0) is 18.4 Å². The standard InChI is InChI=1S/C16H19NO5/c18-15(19)12-6-13-8-17(9-14(7-12)22-13)16(20)21-10-11-4-2-1-3-5-11/h1-5,12-14H,6-10H2,(H,18,19). The molecular weight excluding hydrogens is 286 g/mol. The van der Waals surface area contributed by atoms with Crippen molar-refractivity contribution in [1.29, 1.82) is 0 Å². The van der Waals surface area contributed by atoms with Crippen molar-refractivity contribution in [2.75, 3.05) is 13.1 Å². The van der Waals surface area contributed by atoms with Crippen LogP contribution in [0.2, 0.25) is 0 Å². The third-order valence-corrected chi connectivity index (χ3v) is 4.14. The fourth-order valence-corrected chi connectivity index (χ4v) is 3.08. The molecule has 1 aromatic carbocycles. The third-order valence-electron chi connectivity index (χ3n) is 4.14. The summed E-state index contributed by atoms with van der Waals surface area (Å²) in [6, 6.07) is 9.51. The molecule has 2 bridgehead atoms. The van der Waals surface area contributed by atoms with Crippen molar-refractivity contribution >= 4 is 12.1 Å². The average Bonchev–Trinajstić information content (AvgIpc) is 2.52. The van der Waals surface area contributed by atoms with E-state index in [-0.39, 0.29) is 30.8 Å². The van der Waals surface area contributed by atoms with E-state index in [1.54, 1.807) is 4.90 Å². The molecule has 2 fully saturated rings. The lowest BCUT2D eigenvalue weighted by Crippen LogP contribution is -2.54. The summed E-state index contributed by atoms with van der Waals surface area (Å²) in [5.74, 6) is -1.15. The van der Waals surface area contributed by atoms with E-state index in [1.807, 2.05) is 30.3 Å². The Balaban J connectivity index is 1.54. The van der Waals surface area contributed by atoms with Crippen LogP contribution in [0, 0.1) is 5.92 Å². The van der Waals surface area contributed by atoms with Crippen LogP contribution in [0.15, 0.2) is 30.3 Å². The van der Waals surface area contributed by atoms with Crippen molar-refractivity contribution in [3.63, 3.8) is 0 Å². The molecule has 1 amide bonds. The Morgan fingerprint density at radius 1 is 1.18 bits per heavy atom. The maximum atomic E-state index is 12.1. The lowest BCUT2D eigenvalue weighted by Gasteiger charge is -2.42. The van der Waals surface area contributed by atoms with Gasteiger partial charge in [0, 0.05) is 0 Å². The van der Waals surface area contributed by atoms with Crippen LogP contribution in [0.3, 0.4) is 0 Å². The summed E-state index contributed by atoms with van der Waals surface area (Å²) < 4.78 is 11.1. The molecule has 6 heteroatoms. The Kier molecular flexibility index (Phi) is 4.29. The van der Waals surface area contributed by atoms with Gasteiger partial charge in [-0.2, -0.15) is 0 Å². The highest BCUT2D eigenvalue weighted by atomic mass is 16.6. The normalized spacial score (nSPS) is 27.3. The van der Waals surface area contributed by atoms with Crippen LogP contribution in [-0.2, 0) is 20.9 Å². The Morgan fingerprint density at radius 2 is 1.82 bits per heavy atom. The topological polar surface area (TPSA) is 76.1 Å². The number of amides is 1. The van der Waals surface area contributed by atoms with E-state index in [9.17, 15) is 9.59 Å². The van der Waals surface area contributed by atoms with Crippen LogP contribution in [0.1, 0.15) is 18.4 Å². The smallest absolute Gasteiger partial charge is 0.410 e. The second-order valence-corrected chi connectivity index (χ2v) is 5.83. The number of likely N-dealkylation sites (tertiary alicyclic amines) is 1. The van der Waals surface area contributed by atoms with E-state index in [4.69, 9.17) is 14.6 Å². The fraction of sp³-hybridized carbons (Fsp3) is 0.500. The van der Waals surface area contributed by atoms with Crippen LogP contribution < -0.4 is 0 Å². The predicted octanol–water partition coefficient (Wildman–Crippen LogP) is 1.89. The Morgan fingerprint density at radius 3 is 2.41 bits per heavy atom. The number of carbonyl (C=O) groups is 2. The Bertz CT molecular complexity index is 533. The zero-order chi connectivity index (χ0) is 15.5. The van der Waals surface area contributed by atoms with Gasteiger partial charge in [-0.1, -0.05) is 30.3 Å². The number of carboxylic acid groups (broad SMARTS) is 1. The molecule has 1 aromatic rings. The number of hydrogen-bond acceptors (Lipinski definition) is 4. The number of morpholine rings is 1. The number of carbonyl (C=O) groups excluding carboxylic acids is 1. The lowest BCUT2D eigenvalue weighted by molar-refractivity contribution is -0.159. The van der Waals surface area contributed by atoms with Gasteiger partial charge in [0.05, 0.1) is 31.2 Å². The van der Waals surface area contributed by atoms with E-state index >= 15 is 0 Å². The van der Waals surface area contributed by atoms with Gasteiger partial charge in [0.2, 0.25) is 0 Å². The molecule has 2 aliphatic rings. The molecule has 2 saturated heterocycles. The molecule has 6 nitrogen and oxygen atoms in total. The largest absolute Gasteiger partial charge is 0.481 e. The first kappa shape index (κ1) is 14.8. The molecule has 0 radical (unpaired) electrons. The summed E-state index contributed by atoms with van der Waals surface area (Å²) >= 11 is 0. The minimum absolute atomic E-state index is 0.210. The van der Waals surface area contributed by atoms with Crippen LogP contribution in [0.25, 0.3) is 0 Å². The van der Waals surface area contributed by atoms with E-state index in [1.165, 1.54) is 0 Å². The van der Waals surface area contributed by atoms with Crippen molar-refractivity contribution in [3.8, 4) is 0 Å². The summed E-state index contributed by atoms with van der Waals surface area (Å²) in [6.45, 7) is 1.03. The molecule has 2 unspecified atom stereocenters. The molecular formula is C16H19NO5. The van der Waals surface area contributed by atoms with Gasteiger partial charge < -0.3 is 19.5 Å². The van der Waals surface area contributed by atoms with Crippen molar-refractivity contribution in [2.45, 2.75) is 31.7 Å². The van der Waals surface area contributed by atoms with Crippen molar-refractivity contribution in [3.05, 3.63) is 35.9 Å². The Labute approximate surface area is 128 Å². The first-order chi connectivity index (χ1) is 10.6. The minimum atomic E-state index is -0.779. The number of carboxylic acids is 1. The van der Waals surface area contributed by atoms with Crippen LogP contribution in [0.5, 0.6) is 0 Å². The quantitative estimate of drug-likeness (QED) is 0.923. The summed E-state index contributed by atoms with van der Waals surface area (Å²) in [5.41, 5.74) is 0.940. The van der Waals surface area contributed by atoms with Crippen molar-refractivity contribution < 1.29 is 24.2 Å². The van der Waals surface area contributed by atoms with Gasteiger partial charge in [-0.3, -0.25) is 4.79 Å². The van der Waals surface area contributed by atoms with Gasteiger partial charge in [0.15, 0.2) is 0 Å². The highest BCUT2D eigenvalue weighted by molar-refractivity contribution is 5.71. The molecule has 2 heterocycles. The third kappa shape index (κ3) is 3.39. The second-order valence-electron chi connectivity index (χ2n) is 5.83. The SMILES string of the molecule is O=C(O)C1CC2CN(C(=O)OCc3ccccc3)CC(C1)O2. The monoisotopic (exact) mass is 305 g/mol. The molecule has 0 aliphatic carbocycles. The molecule has 0 spiro atoms. The summed E-state index contributed by atoms with van der Waals surface area (Å²) in [4.78, 5) is 24.9. The summed E-state index contributed by atoms with van der Waals surface area (Å²) in [6.07, 6.45) is 0.120. The number of hydrogen-bond donors (Lipinski definition) is 1. The fourth-order valence-electron chi connectivity index (χ4n) is 3.08. The van der Waals surface area contributed by atoms with Crippen LogP contribution in [0.4, 0.5) is 4.79 Å². The maximum absolute atomic E-state index is 12.1. The van der Waals surface area contributed by atoms with Gasteiger partial charge in [0.25, 0.3) is 0 Å². The Hall–Kier alpha value is -2.08. The summed E-state index contributed by atoms with van der Waals surface area (Å²) in [7, 11) is 0. The van der Waals surface area contributed by atoms with Crippen molar-refractivity contribution in [2.24, 2.45) is 5.92 Å². The number of nitrogens with zero attached hydrogens (tertiary/aromatic N) is 1. The zero-order valence-electron chi connectivity index (χ0n) is 12.2. The predicted molar refractivity (Wildman–Crippen MR) is 77.2 cm³/mol. The second kappa shape index (κ2) is 6.36. The van der Waals surface area contributed by atoms with Crippen molar-refractivity contribution in [1.82, 2.24) is 4.90 Å². The number of aliphatic carboxylic acids is 1. The van der Waals surface area contributed by atoms with Crippen LogP contribution >= 0.6 is 0 Å². The van der Waals surface area contributed by atoms with Gasteiger partial charge in [-0.25, -0.2) is 4.79 Å². The molecule has 2 aliphatic heterocycles. The maximum Gasteiger partial charge on any atom is 0.410 e. The first-order valence-corrected chi connectivity index (χ1v) is 7.45. The van der Waals surface area contributed by atoms with Crippen LogP contribution in [-0.4, -0.2) is 47.4 Å². The van der Waals surface area contributed by atoms with Gasteiger partial charge >= 0.3 is 12.1 Å². The molecule has 0 saturated carbocycles. The average molecular weight is 305 g/mol. The van der Waals surface area contributed by atoms with E-state index in [0.29, 0.717) is 25.9 Å². The van der Waals surface area contributed by atoms with Gasteiger partial charge in [-0.15, -0.1) is 0 Å². The number of ether oxygens (including phenoxy) is 2. The van der Waals surface area contributed by atoms with Gasteiger partial charge in [0.1, 0.15) is 6.61 Å². The van der Waals surface area contributed by atoms with E-state index in [2.05, 4.69) is 0 Å². The number of benzene rings is 1. The first-order valence-electron chi connectivity index (χ1n) is 7.45. The number of rotatable bonds is 3. The molecule has 1 N–H and O–H groups in total. The molecule has 22 heavy (non-hydrogen) atoms. The van der Waals surface area contributed by atoms with E-state index < -0.39 is 5.97 Å². The molecule has 3 rings (SSSR count). The zero-order valence-corrected chi connectivity index (χ0v) is 12.2. The molecule has 118 valence electrons. The molecule has 0 aromatic heterocycles.